The molecule has 0 bridgehead atoms. The van der Waals surface area contributed by atoms with Crippen molar-refractivity contribution in [2.24, 2.45) is 0 Å². The standard InChI is InChI=1S/C27H21ClINO5S/c1-3-34-22-13-17(12-21(29)24(22)35-26(32)19-10-6-7-11-20(19)28)14-23-25(31)30(27(33)36-23)15-18-9-5-4-8-16(18)2/h4-14H,3,15H2,1-2H3/b23-14-. The van der Waals surface area contributed by atoms with Crippen LogP contribution in [-0.4, -0.2) is 28.6 Å². The number of thioether (sulfide) groups is 1. The third-order valence-electron chi connectivity index (χ3n) is 5.38. The summed E-state index contributed by atoms with van der Waals surface area (Å²) < 4.78 is 12.0. The maximum absolute atomic E-state index is 13.0. The summed E-state index contributed by atoms with van der Waals surface area (Å²) in [4.78, 5) is 39.9. The van der Waals surface area contributed by atoms with Crippen molar-refractivity contribution < 1.29 is 23.9 Å². The SMILES string of the molecule is CCOc1cc(/C=C2\SC(=O)N(Cc3ccccc3C)C2=O)cc(I)c1OC(=O)c1ccccc1Cl. The molecule has 3 aromatic carbocycles. The first-order chi connectivity index (χ1) is 17.3. The Morgan fingerprint density at radius 1 is 1.11 bits per heavy atom. The molecule has 1 aliphatic rings. The Balaban J connectivity index is 1.60. The number of hydrogen-bond acceptors (Lipinski definition) is 6. The molecule has 0 aliphatic carbocycles. The average molecular weight is 634 g/mol. The fourth-order valence-electron chi connectivity index (χ4n) is 3.55. The lowest BCUT2D eigenvalue weighted by molar-refractivity contribution is -0.123. The Kier molecular flexibility index (Phi) is 8.38. The van der Waals surface area contributed by atoms with E-state index >= 15 is 0 Å². The molecule has 184 valence electrons. The summed E-state index contributed by atoms with van der Waals surface area (Å²) in [6, 6.07) is 17.7. The molecule has 6 nitrogen and oxygen atoms in total. The van der Waals surface area contributed by atoms with Gasteiger partial charge in [-0.3, -0.25) is 14.5 Å². The topological polar surface area (TPSA) is 72.9 Å². The molecule has 0 radical (unpaired) electrons. The van der Waals surface area contributed by atoms with Gasteiger partial charge < -0.3 is 9.47 Å². The summed E-state index contributed by atoms with van der Waals surface area (Å²) in [5, 5.41) is -0.0342. The Labute approximate surface area is 231 Å². The molecule has 2 amide bonds. The quantitative estimate of drug-likeness (QED) is 0.120. The van der Waals surface area contributed by atoms with Crippen molar-refractivity contribution in [3.8, 4) is 11.5 Å². The monoisotopic (exact) mass is 633 g/mol. The van der Waals surface area contributed by atoms with Gasteiger partial charge in [-0.1, -0.05) is 48.0 Å². The highest BCUT2D eigenvalue weighted by Crippen LogP contribution is 2.38. The number of nitrogens with zero attached hydrogens (tertiary/aromatic N) is 1. The number of benzene rings is 3. The molecule has 1 aliphatic heterocycles. The van der Waals surface area contributed by atoms with E-state index in [1.54, 1.807) is 42.5 Å². The molecule has 36 heavy (non-hydrogen) atoms. The van der Waals surface area contributed by atoms with E-state index in [0.717, 1.165) is 22.9 Å². The molecule has 1 heterocycles. The van der Waals surface area contributed by atoms with Gasteiger partial charge in [0.1, 0.15) is 0 Å². The zero-order valence-electron chi connectivity index (χ0n) is 19.4. The molecule has 0 N–H and O–H groups in total. The normalized spacial score (nSPS) is 14.4. The Bertz CT molecular complexity index is 1390. The van der Waals surface area contributed by atoms with Crippen LogP contribution in [0.5, 0.6) is 11.5 Å². The van der Waals surface area contributed by atoms with Crippen molar-refractivity contribution in [1.29, 1.82) is 0 Å². The number of imide groups is 1. The predicted molar refractivity (Wildman–Crippen MR) is 149 cm³/mol. The number of aryl methyl sites for hydroxylation is 1. The zero-order valence-corrected chi connectivity index (χ0v) is 23.1. The van der Waals surface area contributed by atoms with Crippen LogP contribution < -0.4 is 9.47 Å². The lowest BCUT2D eigenvalue weighted by atomic mass is 10.1. The lowest BCUT2D eigenvalue weighted by Gasteiger charge is -2.15. The van der Waals surface area contributed by atoms with Gasteiger partial charge in [0.2, 0.25) is 0 Å². The summed E-state index contributed by atoms with van der Waals surface area (Å²) in [5.41, 5.74) is 2.81. The Hall–Kier alpha value is -2.82. The maximum Gasteiger partial charge on any atom is 0.345 e. The molecule has 0 unspecified atom stereocenters. The van der Waals surface area contributed by atoms with Crippen LogP contribution in [-0.2, 0) is 11.3 Å². The largest absolute Gasteiger partial charge is 0.490 e. The summed E-state index contributed by atoms with van der Waals surface area (Å²) in [6.07, 6.45) is 1.65. The third kappa shape index (κ3) is 5.77. The molecular weight excluding hydrogens is 613 g/mol. The van der Waals surface area contributed by atoms with E-state index in [1.165, 1.54) is 4.90 Å². The second-order valence-electron chi connectivity index (χ2n) is 7.83. The Morgan fingerprint density at radius 2 is 1.83 bits per heavy atom. The summed E-state index contributed by atoms with van der Waals surface area (Å²) in [6.45, 7) is 4.31. The van der Waals surface area contributed by atoms with Crippen LogP contribution in [0.2, 0.25) is 5.02 Å². The molecule has 0 saturated carbocycles. The van der Waals surface area contributed by atoms with Crippen molar-refractivity contribution in [2.75, 3.05) is 6.61 Å². The van der Waals surface area contributed by atoms with Gasteiger partial charge in [0.05, 0.1) is 32.2 Å². The third-order valence-corrected chi connectivity index (χ3v) is 7.42. The first-order valence-corrected chi connectivity index (χ1v) is 13.3. The van der Waals surface area contributed by atoms with Crippen LogP contribution in [0.1, 0.15) is 34.0 Å². The van der Waals surface area contributed by atoms with Gasteiger partial charge >= 0.3 is 5.97 Å². The van der Waals surface area contributed by atoms with Gasteiger partial charge in [0.25, 0.3) is 11.1 Å². The minimum Gasteiger partial charge on any atom is -0.490 e. The van der Waals surface area contributed by atoms with Gasteiger partial charge in [-0.05, 0) is 95.2 Å². The van der Waals surface area contributed by atoms with Gasteiger partial charge in [-0.15, -0.1) is 0 Å². The van der Waals surface area contributed by atoms with Gasteiger partial charge in [0.15, 0.2) is 11.5 Å². The predicted octanol–water partition coefficient (Wildman–Crippen LogP) is 7.11. The molecule has 0 spiro atoms. The number of ether oxygens (including phenoxy) is 2. The lowest BCUT2D eigenvalue weighted by Crippen LogP contribution is -2.27. The van der Waals surface area contributed by atoms with E-state index < -0.39 is 5.97 Å². The van der Waals surface area contributed by atoms with Crippen LogP contribution in [0.4, 0.5) is 4.79 Å². The summed E-state index contributed by atoms with van der Waals surface area (Å²) >= 11 is 9.07. The average Bonchev–Trinajstić information content (AvgIpc) is 3.10. The first-order valence-electron chi connectivity index (χ1n) is 11.0. The number of rotatable bonds is 7. The Morgan fingerprint density at radius 3 is 2.56 bits per heavy atom. The number of esters is 1. The highest BCUT2D eigenvalue weighted by molar-refractivity contribution is 14.1. The number of carbonyl (C=O) groups is 3. The fourth-order valence-corrected chi connectivity index (χ4v) is 5.34. The second kappa shape index (κ2) is 11.5. The number of carbonyl (C=O) groups excluding carboxylic acids is 3. The molecule has 4 rings (SSSR count). The van der Waals surface area contributed by atoms with Crippen LogP contribution in [0.25, 0.3) is 6.08 Å². The molecule has 0 atom stereocenters. The molecule has 1 fully saturated rings. The van der Waals surface area contributed by atoms with E-state index in [1.807, 2.05) is 60.7 Å². The van der Waals surface area contributed by atoms with E-state index in [4.69, 9.17) is 21.1 Å². The van der Waals surface area contributed by atoms with Crippen molar-refractivity contribution >= 4 is 69.1 Å². The highest BCUT2D eigenvalue weighted by atomic mass is 127. The van der Waals surface area contributed by atoms with Crippen molar-refractivity contribution in [3.63, 3.8) is 0 Å². The maximum atomic E-state index is 13.0. The molecule has 9 heteroatoms. The van der Waals surface area contributed by atoms with Crippen LogP contribution >= 0.6 is 46.0 Å². The van der Waals surface area contributed by atoms with Gasteiger partial charge in [-0.2, -0.15) is 0 Å². The summed E-state index contributed by atoms with van der Waals surface area (Å²) in [7, 11) is 0. The molecule has 0 aromatic heterocycles. The fraction of sp³-hybridized carbons (Fsp3) is 0.148. The van der Waals surface area contributed by atoms with E-state index in [2.05, 4.69) is 0 Å². The number of amides is 2. The number of hydrogen-bond donors (Lipinski definition) is 0. The first kappa shape index (κ1) is 26.2. The van der Waals surface area contributed by atoms with Crippen molar-refractivity contribution in [1.82, 2.24) is 4.90 Å². The van der Waals surface area contributed by atoms with Crippen LogP contribution in [0.15, 0.2) is 65.6 Å². The van der Waals surface area contributed by atoms with Crippen LogP contribution in [0.3, 0.4) is 0 Å². The molecule has 1 saturated heterocycles. The van der Waals surface area contributed by atoms with E-state index in [-0.39, 0.29) is 34.0 Å². The van der Waals surface area contributed by atoms with E-state index in [0.29, 0.717) is 26.4 Å². The second-order valence-corrected chi connectivity index (χ2v) is 10.4. The van der Waals surface area contributed by atoms with Gasteiger partial charge in [0, 0.05) is 0 Å². The molecular formula is C27H21ClINO5S. The van der Waals surface area contributed by atoms with E-state index in [9.17, 15) is 14.4 Å². The summed E-state index contributed by atoms with van der Waals surface area (Å²) in [5.74, 6) is -0.359. The van der Waals surface area contributed by atoms with Crippen LogP contribution in [0, 0.1) is 10.5 Å². The van der Waals surface area contributed by atoms with Crippen molar-refractivity contribution in [2.45, 2.75) is 20.4 Å². The number of halogens is 2. The van der Waals surface area contributed by atoms with Gasteiger partial charge in [-0.25, -0.2) is 4.79 Å². The minimum atomic E-state index is -0.607. The zero-order chi connectivity index (χ0) is 25.8. The molecule has 3 aromatic rings. The smallest absolute Gasteiger partial charge is 0.345 e. The van der Waals surface area contributed by atoms with Crippen molar-refractivity contribution in [3.05, 3.63) is 96.4 Å². The highest BCUT2D eigenvalue weighted by Gasteiger charge is 2.35. The minimum absolute atomic E-state index is 0.216.